The van der Waals surface area contributed by atoms with Gasteiger partial charge < -0.3 is 15.8 Å². The normalized spacial score (nSPS) is 10.0. The van der Waals surface area contributed by atoms with Gasteiger partial charge in [0.15, 0.2) is 0 Å². The van der Waals surface area contributed by atoms with Gasteiger partial charge in [-0.2, -0.15) is 0 Å². The van der Waals surface area contributed by atoms with Gasteiger partial charge in [0.25, 0.3) is 0 Å². The minimum atomic E-state index is 0.0216. The molecule has 0 aliphatic carbocycles. The predicted octanol–water partition coefficient (Wildman–Crippen LogP) is 1.68. The van der Waals surface area contributed by atoms with Gasteiger partial charge in [0.05, 0.1) is 6.61 Å². The SMILES string of the molecule is NCCNC(=O)CCCOc1cccc(Br)c1. The fourth-order valence-electron chi connectivity index (χ4n) is 1.28. The molecule has 1 aromatic rings. The highest BCUT2D eigenvalue weighted by atomic mass is 79.9. The molecule has 0 spiro atoms. The summed E-state index contributed by atoms with van der Waals surface area (Å²) < 4.78 is 6.49. The summed E-state index contributed by atoms with van der Waals surface area (Å²) in [5.74, 6) is 0.829. The number of ether oxygens (including phenoxy) is 1. The highest BCUT2D eigenvalue weighted by Crippen LogP contribution is 2.17. The number of nitrogens with two attached hydrogens (primary N) is 1. The molecule has 94 valence electrons. The van der Waals surface area contributed by atoms with Gasteiger partial charge in [-0.15, -0.1) is 0 Å². The number of rotatable bonds is 7. The van der Waals surface area contributed by atoms with Crippen LogP contribution in [0.25, 0.3) is 0 Å². The lowest BCUT2D eigenvalue weighted by Crippen LogP contribution is -2.29. The van der Waals surface area contributed by atoms with Gasteiger partial charge in [-0.1, -0.05) is 22.0 Å². The molecule has 1 rings (SSSR count). The van der Waals surface area contributed by atoms with Crippen molar-refractivity contribution in [3.05, 3.63) is 28.7 Å². The standard InChI is InChI=1S/C12H17BrN2O2/c13-10-3-1-4-11(9-10)17-8-2-5-12(16)15-7-6-14/h1,3-4,9H,2,5-8,14H2,(H,15,16). The predicted molar refractivity (Wildman–Crippen MR) is 70.9 cm³/mol. The van der Waals surface area contributed by atoms with Crippen LogP contribution in [-0.4, -0.2) is 25.6 Å². The minimum Gasteiger partial charge on any atom is -0.494 e. The van der Waals surface area contributed by atoms with E-state index in [0.29, 0.717) is 32.5 Å². The van der Waals surface area contributed by atoms with Gasteiger partial charge in [0, 0.05) is 24.0 Å². The van der Waals surface area contributed by atoms with Crippen molar-refractivity contribution in [3.8, 4) is 5.75 Å². The molecule has 0 aliphatic rings. The number of hydrogen-bond donors (Lipinski definition) is 2. The molecule has 1 amide bonds. The third kappa shape index (κ3) is 6.28. The van der Waals surface area contributed by atoms with Crippen molar-refractivity contribution in [2.75, 3.05) is 19.7 Å². The molecule has 1 aromatic carbocycles. The number of hydrogen-bond acceptors (Lipinski definition) is 3. The van der Waals surface area contributed by atoms with Crippen LogP contribution in [0.1, 0.15) is 12.8 Å². The zero-order valence-corrected chi connectivity index (χ0v) is 11.2. The largest absolute Gasteiger partial charge is 0.494 e. The second-order valence-electron chi connectivity index (χ2n) is 3.55. The summed E-state index contributed by atoms with van der Waals surface area (Å²) in [5.41, 5.74) is 5.28. The van der Waals surface area contributed by atoms with Crippen LogP contribution in [0.3, 0.4) is 0 Å². The molecule has 4 nitrogen and oxygen atoms in total. The molecule has 0 aromatic heterocycles. The topological polar surface area (TPSA) is 64.3 Å². The monoisotopic (exact) mass is 300 g/mol. The van der Waals surface area contributed by atoms with Crippen LogP contribution in [-0.2, 0) is 4.79 Å². The lowest BCUT2D eigenvalue weighted by Gasteiger charge is -2.06. The summed E-state index contributed by atoms with van der Waals surface area (Å²) in [4.78, 5) is 11.2. The third-order valence-corrected chi connectivity index (χ3v) is 2.57. The molecule has 0 atom stereocenters. The Hall–Kier alpha value is -1.07. The zero-order chi connectivity index (χ0) is 12.5. The van der Waals surface area contributed by atoms with Gasteiger partial charge in [-0.05, 0) is 24.6 Å². The van der Waals surface area contributed by atoms with Crippen molar-refractivity contribution in [1.29, 1.82) is 0 Å². The summed E-state index contributed by atoms with van der Waals surface area (Å²) >= 11 is 3.37. The molecule has 0 radical (unpaired) electrons. The van der Waals surface area contributed by atoms with Crippen molar-refractivity contribution < 1.29 is 9.53 Å². The van der Waals surface area contributed by atoms with Crippen LogP contribution in [0.4, 0.5) is 0 Å². The maximum absolute atomic E-state index is 11.2. The van der Waals surface area contributed by atoms with E-state index >= 15 is 0 Å². The Morgan fingerprint density at radius 3 is 3.00 bits per heavy atom. The fourth-order valence-corrected chi connectivity index (χ4v) is 1.66. The average Bonchev–Trinajstić information content (AvgIpc) is 2.32. The molecule has 0 heterocycles. The highest BCUT2D eigenvalue weighted by Gasteiger charge is 2.00. The van der Waals surface area contributed by atoms with Gasteiger partial charge in [0.2, 0.25) is 5.91 Å². The van der Waals surface area contributed by atoms with Gasteiger partial charge in [0.1, 0.15) is 5.75 Å². The Morgan fingerprint density at radius 1 is 1.47 bits per heavy atom. The molecule has 0 unspecified atom stereocenters. The first kappa shape index (κ1) is 14.0. The van der Waals surface area contributed by atoms with Crippen molar-refractivity contribution in [2.45, 2.75) is 12.8 Å². The summed E-state index contributed by atoms with van der Waals surface area (Å²) in [5, 5.41) is 2.71. The van der Waals surface area contributed by atoms with Crippen molar-refractivity contribution in [2.24, 2.45) is 5.73 Å². The second-order valence-corrected chi connectivity index (χ2v) is 4.46. The molecule has 0 fully saturated rings. The summed E-state index contributed by atoms with van der Waals surface area (Å²) in [6.45, 7) is 1.54. The van der Waals surface area contributed by atoms with E-state index in [-0.39, 0.29) is 5.91 Å². The number of carbonyl (C=O) groups excluding carboxylic acids is 1. The maximum Gasteiger partial charge on any atom is 0.220 e. The van der Waals surface area contributed by atoms with E-state index in [1.165, 1.54) is 0 Å². The van der Waals surface area contributed by atoms with Crippen LogP contribution in [0.5, 0.6) is 5.75 Å². The minimum absolute atomic E-state index is 0.0216. The van der Waals surface area contributed by atoms with Crippen LogP contribution in [0, 0.1) is 0 Å². The maximum atomic E-state index is 11.2. The molecule has 0 bridgehead atoms. The Bertz CT molecular complexity index is 358. The van der Waals surface area contributed by atoms with Crippen LogP contribution < -0.4 is 15.8 Å². The number of benzene rings is 1. The van der Waals surface area contributed by atoms with Crippen molar-refractivity contribution in [3.63, 3.8) is 0 Å². The first-order valence-electron chi connectivity index (χ1n) is 5.57. The molecule has 3 N–H and O–H groups in total. The van der Waals surface area contributed by atoms with E-state index in [4.69, 9.17) is 10.5 Å². The van der Waals surface area contributed by atoms with Gasteiger partial charge in [-0.25, -0.2) is 0 Å². The quantitative estimate of drug-likeness (QED) is 0.753. The third-order valence-electron chi connectivity index (χ3n) is 2.08. The number of carbonyl (C=O) groups is 1. The molecule has 0 saturated heterocycles. The Balaban J connectivity index is 2.14. The van der Waals surface area contributed by atoms with E-state index in [9.17, 15) is 4.79 Å². The smallest absolute Gasteiger partial charge is 0.220 e. The van der Waals surface area contributed by atoms with Gasteiger partial charge >= 0.3 is 0 Å². The molecule has 17 heavy (non-hydrogen) atoms. The van der Waals surface area contributed by atoms with Crippen molar-refractivity contribution in [1.82, 2.24) is 5.32 Å². The zero-order valence-electron chi connectivity index (χ0n) is 9.62. The second kappa shape index (κ2) is 8.08. The Morgan fingerprint density at radius 2 is 2.29 bits per heavy atom. The Kier molecular flexibility index (Phi) is 6.65. The molecular weight excluding hydrogens is 284 g/mol. The highest BCUT2D eigenvalue weighted by molar-refractivity contribution is 9.10. The number of halogens is 1. The first-order chi connectivity index (χ1) is 8.22. The average molecular weight is 301 g/mol. The van der Waals surface area contributed by atoms with Crippen molar-refractivity contribution >= 4 is 21.8 Å². The number of nitrogens with one attached hydrogen (secondary N) is 1. The van der Waals surface area contributed by atoms with E-state index < -0.39 is 0 Å². The lowest BCUT2D eigenvalue weighted by atomic mass is 10.3. The molecule has 0 aliphatic heterocycles. The first-order valence-corrected chi connectivity index (χ1v) is 6.37. The molecule has 0 saturated carbocycles. The number of amides is 1. The van der Waals surface area contributed by atoms with E-state index in [2.05, 4.69) is 21.2 Å². The fraction of sp³-hybridized carbons (Fsp3) is 0.417. The van der Waals surface area contributed by atoms with E-state index in [1.54, 1.807) is 0 Å². The van der Waals surface area contributed by atoms with E-state index in [1.807, 2.05) is 24.3 Å². The van der Waals surface area contributed by atoms with Crippen LogP contribution in [0.2, 0.25) is 0 Å². The van der Waals surface area contributed by atoms with Crippen LogP contribution >= 0.6 is 15.9 Å². The molecule has 5 heteroatoms. The van der Waals surface area contributed by atoms with Gasteiger partial charge in [-0.3, -0.25) is 4.79 Å². The summed E-state index contributed by atoms with van der Waals surface area (Å²) in [6.07, 6.45) is 1.16. The van der Waals surface area contributed by atoms with E-state index in [0.717, 1.165) is 10.2 Å². The van der Waals surface area contributed by atoms with Crippen LogP contribution in [0.15, 0.2) is 28.7 Å². The summed E-state index contributed by atoms with van der Waals surface area (Å²) in [7, 11) is 0. The Labute approximate surface area is 110 Å². The summed E-state index contributed by atoms with van der Waals surface area (Å²) in [6, 6.07) is 7.63. The lowest BCUT2D eigenvalue weighted by molar-refractivity contribution is -0.121. The molecular formula is C12H17BrN2O2.